The van der Waals surface area contributed by atoms with Gasteiger partial charge in [0, 0.05) is 19.8 Å². The van der Waals surface area contributed by atoms with Gasteiger partial charge in [-0.1, -0.05) is 29.0 Å². The summed E-state index contributed by atoms with van der Waals surface area (Å²) in [4.78, 5) is 18.1. The van der Waals surface area contributed by atoms with Crippen molar-refractivity contribution in [2.75, 3.05) is 19.1 Å². The summed E-state index contributed by atoms with van der Waals surface area (Å²) in [5.74, 6) is 0. The van der Waals surface area contributed by atoms with Crippen molar-refractivity contribution in [3.8, 4) is 0 Å². The summed E-state index contributed by atoms with van der Waals surface area (Å²) in [6, 6.07) is 8.17. The number of anilines is 2. The van der Waals surface area contributed by atoms with Gasteiger partial charge in [-0.3, -0.25) is 4.79 Å². The zero-order chi connectivity index (χ0) is 13.8. The molecule has 0 unspecified atom stereocenters. The van der Waals surface area contributed by atoms with Crippen LogP contribution in [-0.2, 0) is 11.3 Å². The lowest BCUT2D eigenvalue weighted by atomic mass is 10.2. The van der Waals surface area contributed by atoms with Crippen molar-refractivity contribution in [1.82, 2.24) is 4.98 Å². The van der Waals surface area contributed by atoms with E-state index in [9.17, 15) is 4.79 Å². The Hall–Kier alpha value is -1.72. The van der Waals surface area contributed by atoms with E-state index in [0.717, 1.165) is 17.1 Å². The second-order valence-electron chi connectivity index (χ2n) is 4.25. The predicted molar refractivity (Wildman–Crippen MR) is 77.5 cm³/mol. The average molecular weight is 276 g/mol. The van der Waals surface area contributed by atoms with E-state index in [-0.39, 0.29) is 0 Å². The highest BCUT2D eigenvalue weighted by Crippen LogP contribution is 2.30. The average Bonchev–Trinajstić information content (AvgIpc) is 2.82. The van der Waals surface area contributed by atoms with Gasteiger partial charge in [0.25, 0.3) is 0 Å². The molecule has 0 bridgehead atoms. The van der Waals surface area contributed by atoms with Crippen LogP contribution in [0.1, 0.15) is 20.9 Å². The Labute approximate surface area is 116 Å². The van der Waals surface area contributed by atoms with Crippen LogP contribution in [0.15, 0.2) is 24.3 Å². The molecule has 5 heteroatoms. The van der Waals surface area contributed by atoms with Crippen molar-refractivity contribution in [1.29, 1.82) is 0 Å². The van der Waals surface area contributed by atoms with Crippen molar-refractivity contribution < 1.29 is 9.53 Å². The van der Waals surface area contributed by atoms with Crippen LogP contribution >= 0.6 is 11.3 Å². The van der Waals surface area contributed by atoms with Crippen molar-refractivity contribution >= 4 is 28.4 Å². The van der Waals surface area contributed by atoms with Gasteiger partial charge in [-0.2, -0.15) is 0 Å². The number of aryl methyl sites for hydroxylation is 1. The van der Waals surface area contributed by atoms with E-state index < -0.39 is 0 Å². The predicted octanol–water partition coefficient (Wildman–Crippen LogP) is 3.18. The highest BCUT2D eigenvalue weighted by atomic mass is 32.1. The molecule has 0 spiro atoms. The minimum Gasteiger partial charge on any atom is -0.378 e. The van der Waals surface area contributed by atoms with Crippen molar-refractivity contribution in [3.63, 3.8) is 0 Å². The number of rotatable bonds is 5. The molecular weight excluding hydrogens is 260 g/mol. The van der Waals surface area contributed by atoms with Crippen molar-refractivity contribution in [2.24, 2.45) is 0 Å². The molecule has 0 fully saturated rings. The van der Waals surface area contributed by atoms with Gasteiger partial charge in [0.1, 0.15) is 0 Å². The van der Waals surface area contributed by atoms with Gasteiger partial charge in [-0.25, -0.2) is 4.98 Å². The Morgan fingerprint density at radius 1 is 1.37 bits per heavy atom. The van der Waals surface area contributed by atoms with E-state index in [2.05, 4.69) is 17.1 Å². The van der Waals surface area contributed by atoms with Crippen LogP contribution in [0.4, 0.5) is 10.8 Å². The van der Waals surface area contributed by atoms with Gasteiger partial charge in [-0.15, -0.1) is 0 Å². The quantitative estimate of drug-likeness (QED) is 0.787. The summed E-state index contributed by atoms with van der Waals surface area (Å²) in [7, 11) is 3.53. The number of methoxy groups -OCH3 is 1. The number of hydrogen-bond donors (Lipinski definition) is 0. The Bertz CT molecular complexity index is 563. The standard InChI is InChI=1S/C14H16N2O2S/c1-10-4-6-11(7-5-10)16(2)14-15-12(9-18-3)13(8-17)19-14/h4-8H,9H2,1-3H3. The number of benzene rings is 1. The zero-order valence-electron chi connectivity index (χ0n) is 11.2. The van der Waals surface area contributed by atoms with Crippen LogP contribution in [0.5, 0.6) is 0 Å². The monoisotopic (exact) mass is 276 g/mol. The topological polar surface area (TPSA) is 42.4 Å². The van der Waals surface area contributed by atoms with E-state index in [4.69, 9.17) is 4.74 Å². The molecule has 0 radical (unpaired) electrons. The summed E-state index contributed by atoms with van der Waals surface area (Å²) < 4.78 is 5.05. The lowest BCUT2D eigenvalue weighted by Gasteiger charge is -2.15. The minimum atomic E-state index is 0.353. The minimum absolute atomic E-state index is 0.353. The van der Waals surface area contributed by atoms with Crippen LogP contribution < -0.4 is 4.90 Å². The van der Waals surface area contributed by atoms with Crippen LogP contribution in [-0.4, -0.2) is 25.4 Å². The molecular formula is C14H16N2O2S. The second kappa shape index (κ2) is 5.95. The van der Waals surface area contributed by atoms with Crippen LogP contribution in [0.3, 0.4) is 0 Å². The molecule has 2 aromatic rings. The number of ether oxygens (including phenoxy) is 1. The van der Waals surface area contributed by atoms with Gasteiger partial charge < -0.3 is 9.64 Å². The lowest BCUT2D eigenvalue weighted by molar-refractivity contribution is 0.112. The first-order valence-electron chi connectivity index (χ1n) is 5.90. The van der Waals surface area contributed by atoms with Crippen molar-refractivity contribution in [3.05, 3.63) is 40.4 Å². The Kier molecular flexibility index (Phi) is 4.29. The fourth-order valence-corrected chi connectivity index (χ4v) is 2.57. The van der Waals surface area contributed by atoms with E-state index in [1.807, 2.05) is 31.0 Å². The maximum Gasteiger partial charge on any atom is 0.190 e. The number of hydrogen-bond acceptors (Lipinski definition) is 5. The molecule has 2 rings (SSSR count). The molecule has 1 heterocycles. The summed E-state index contributed by atoms with van der Waals surface area (Å²) in [6.45, 7) is 2.40. The molecule has 1 aromatic heterocycles. The van der Waals surface area contributed by atoms with Crippen LogP contribution in [0, 0.1) is 6.92 Å². The van der Waals surface area contributed by atoms with E-state index in [1.165, 1.54) is 16.9 Å². The van der Waals surface area contributed by atoms with E-state index >= 15 is 0 Å². The van der Waals surface area contributed by atoms with Gasteiger partial charge in [0.05, 0.1) is 17.2 Å². The van der Waals surface area contributed by atoms with Gasteiger partial charge in [0.15, 0.2) is 11.4 Å². The Morgan fingerprint density at radius 3 is 2.63 bits per heavy atom. The highest BCUT2D eigenvalue weighted by Gasteiger charge is 2.14. The van der Waals surface area contributed by atoms with Gasteiger partial charge in [0.2, 0.25) is 0 Å². The molecule has 0 aliphatic carbocycles. The van der Waals surface area contributed by atoms with Gasteiger partial charge in [-0.05, 0) is 19.1 Å². The third-order valence-electron chi connectivity index (χ3n) is 2.81. The maximum atomic E-state index is 11.0. The summed E-state index contributed by atoms with van der Waals surface area (Å²) >= 11 is 1.37. The summed E-state index contributed by atoms with van der Waals surface area (Å²) in [5, 5.41) is 0.790. The first kappa shape index (κ1) is 13.7. The molecule has 0 saturated heterocycles. The van der Waals surface area contributed by atoms with Crippen molar-refractivity contribution in [2.45, 2.75) is 13.5 Å². The van der Waals surface area contributed by atoms with E-state index in [1.54, 1.807) is 7.11 Å². The Morgan fingerprint density at radius 2 is 2.05 bits per heavy atom. The zero-order valence-corrected chi connectivity index (χ0v) is 12.0. The SMILES string of the molecule is COCc1nc(N(C)c2ccc(C)cc2)sc1C=O. The fraction of sp³-hybridized carbons (Fsp3) is 0.286. The molecule has 1 aromatic carbocycles. The molecule has 100 valence electrons. The molecule has 0 aliphatic rings. The Balaban J connectivity index is 2.30. The number of nitrogens with zero attached hydrogens (tertiary/aromatic N) is 2. The molecule has 4 nitrogen and oxygen atoms in total. The molecule has 0 saturated carbocycles. The molecule has 0 aliphatic heterocycles. The third kappa shape index (κ3) is 3.00. The fourth-order valence-electron chi connectivity index (χ4n) is 1.71. The third-order valence-corrected chi connectivity index (χ3v) is 3.91. The summed E-state index contributed by atoms with van der Waals surface area (Å²) in [6.07, 6.45) is 0.832. The number of carbonyl (C=O) groups excluding carboxylic acids is 1. The lowest BCUT2D eigenvalue weighted by Crippen LogP contribution is -2.09. The van der Waals surface area contributed by atoms with Crippen LogP contribution in [0.25, 0.3) is 0 Å². The smallest absolute Gasteiger partial charge is 0.190 e. The normalized spacial score (nSPS) is 10.5. The van der Waals surface area contributed by atoms with Crippen LogP contribution in [0.2, 0.25) is 0 Å². The molecule has 19 heavy (non-hydrogen) atoms. The number of aromatic nitrogens is 1. The largest absolute Gasteiger partial charge is 0.378 e. The van der Waals surface area contributed by atoms with Gasteiger partial charge >= 0.3 is 0 Å². The van der Waals surface area contributed by atoms with E-state index in [0.29, 0.717) is 17.2 Å². The first-order chi connectivity index (χ1) is 9.15. The molecule has 0 amide bonds. The maximum absolute atomic E-state index is 11.0. The number of carbonyl (C=O) groups is 1. The highest BCUT2D eigenvalue weighted by molar-refractivity contribution is 7.17. The second-order valence-corrected chi connectivity index (χ2v) is 5.26. The first-order valence-corrected chi connectivity index (χ1v) is 6.71. The number of aldehydes is 1. The molecule has 0 atom stereocenters. The summed E-state index contributed by atoms with van der Waals surface area (Å²) in [5.41, 5.74) is 2.95. The number of thiazole rings is 1. The molecule has 0 N–H and O–H groups in total.